The molecule has 0 radical (unpaired) electrons. The van der Waals surface area contributed by atoms with Crippen LogP contribution in [-0.4, -0.2) is 16.1 Å². The number of aromatic nitrogens is 1. The van der Waals surface area contributed by atoms with Crippen molar-refractivity contribution in [1.82, 2.24) is 4.98 Å². The van der Waals surface area contributed by atoms with Gasteiger partial charge in [0.05, 0.1) is 0 Å². The van der Waals surface area contributed by atoms with E-state index in [9.17, 15) is 9.18 Å². The Hall–Kier alpha value is -2.67. The number of carbonyl (C=O) groups is 1. The molecule has 0 aliphatic carbocycles. The average Bonchev–Trinajstić information content (AvgIpc) is 2.36. The van der Waals surface area contributed by atoms with Crippen molar-refractivity contribution >= 4 is 5.97 Å². The lowest BCUT2D eigenvalue weighted by atomic mass is 10.1. The highest BCUT2D eigenvalue weighted by Gasteiger charge is 2.07. The molecule has 1 aromatic carbocycles. The molecule has 2 rings (SSSR count). The molecule has 1 aromatic heterocycles. The minimum atomic E-state index is -1.07. The number of hydrogen-bond acceptors (Lipinski definition) is 2. The predicted octanol–water partition coefficient (Wildman–Crippen LogP) is 2.63. The lowest BCUT2D eigenvalue weighted by Gasteiger charge is -1.99. The summed E-state index contributed by atoms with van der Waals surface area (Å²) in [6.07, 6.45) is 1.39. The molecule has 0 fully saturated rings. The molecular formula is C15H10FNO2. The van der Waals surface area contributed by atoms with Crippen molar-refractivity contribution in [3.8, 4) is 11.8 Å². The Balaban J connectivity index is 2.30. The van der Waals surface area contributed by atoms with Gasteiger partial charge in [0.25, 0.3) is 0 Å². The summed E-state index contributed by atoms with van der Waals surface area (Å²) >= 11 is 0. The van der Waals surface area contributed by atoms with E-state index >= 15 is 0 Å². The van der Waals surface area contributed by atoms with Crippen LogP contribution in [0, 0.1) is 24.6 Å². The Bertz CT molecular complexity index is 699. The second-order valence-corrected chi connectivity index (χ2v) is 3.95. The van der Waals surface area contributed by atoms with Crippen LogP contribution in [0.5, 0.6) is 0 Å². The molecule has 0 saturated heterocycles. The van der Waals surface area contributed by atoms with Crippen LogP contribution in [0.15, 0.2) is 36.5 Å². The van der Waals surface area contributed by atoms with Gasteiger partial charge in [0, 0.05) is 17.3 Å². The van der Waals surface area contributed by atoms with E-state index in [0.29, 0.717) is 16.7 Å². The number of halogens is 1. The second kappa shape index (κ2) is 5.32. The maximum atomic E-state index is 13.0. The summed E-state index contributed by atoms with van der Waals surface area (Å²) in [7, 11) is 0. The van der Waals surface area contributed by atoms with Crippen molar-refractivity contribution in [1.29, 1.82) is 0 Å². The number of rotatable bonds is 1. The summed E-state index contributed by atoms with van der Waals surface area (Å²) < 4.78 is 13.0. The monoisotopic (exact) mass is 255 g/mol. The summed E-state index contributed by atoms with van der Waals surface area (Å²) in [5.41, 5.74) is 1.70. The van der Waals surface area contributed by atoms with Gasteiger partial charge in [-0.15, -0.1) is 0 Å². The molecule has 0 saturated carbocycles. The SMILES string of the molecule is Cc1cc(C#Cc2cccc(F)c2)cnc1C(=O)O. The first kappa shape index (κ1) is 12.8. The summed E-state index contributed by atoms with van der Waals surface area (Å²) in [6.45, 7) is 1.66. The van der Waals surface area contributed by atoms with Crippen LogP contribution in [0.2, 0.25) is 0 Å². The van der Waals surface area contributed by atoms with Gasteiger partial charge in [0.1, 0.15) is 5.82 Å². The number of carboxylic acids is 1. The maximum absolute atomic E-state index is 13.0. The third-order valence-electron chi connectivity index (χ3n) is 2.46. The molecule has 0 bridgehead atoms. The minimum Gasteiger partial charge on any atom is -0.477 e. The molecule has 0 amide bonds. The maximum Gasteiger partial charge on any atom is 0.354 e. The van der Waals surface area contributed by atoms with E-state index < -0.39 is 5.97 Å². The van der Waals surface area contributed by atoms with E-state index in [2.05, 4.69) is 16.8 Å². The van der Waals surface area contributed by atoms with Crippen LogP contribution in [0.25, 0.3) is 0 Å². The van der Waals surface area contributed by atoms with Gasteiger partial charge in [-0.05, 0) is 36.8 Å². The highest BCUT2D eigenvalue weighted by Crippen LogP contribution is 2.07. The Morgan fingerprint density at radius 2 is 2.00 bits per heavy atom. The van der Waals surface area contributed by atoms with Crippen LogP contribution < -0.4 is 0 Å². The number of carboxylic acid groups (broad SMARTS) is 1. The van der Waals surface area contributed by atoms with Gasteiger partial charge in [-0.1, -0.05) is 17.9 Å². The lowest BCUT2D eigenvalue weighted by molar-refractivity contribution is 0.0689. The lowest BCUT2D eigenvalue weighted by Crippen LogP contribution is -2.03. The van der Waals surface area contributed by atoms with Crippen molar-refractivity contribution < 1.29 is 14.3 Å². The predicted molar refractivity (Wildman–Crippen MR) is 68.3 cm³/mol. The molecule has 0 aliphatic heterocycles. The fourth-order valence-corrected chi connectivity index (χ4v) is 1.58. The first-order valence-corrected chi connectivity index (χ1v) is 5.54. The van der Waals surface area contributed by atoms with Crippen LogP contribution in [0.3, 0.4) is 0 Å². The number of benzene rings is 1. The molecule has 19 heavy (non-hydrogen) atoms. The highest BCUT2D eigenvalue weighted by molar-refractivity contribution is 5.87. The zero-order chi connectivity index (χ0) is 13.8. The van der Waals surface area contributed by atoms with Gasteiger partial charge in [0.2, 0.25) is 0 Å². The number of nitrogens with zero attached hydrogens (tertiary/aromatic N) is 1. The number of aryl methyl sites for hydroxylation is 1. The van der Waals surface area contributed by atoms with E-state index in [1.165, 1.54) is 18.3 Å². The highest BCUT2D eigenvalue weighted by atomic mass is 19.1. The van der Waals surface area contributed by atoms with Gasteiger partial charge in [-0.2, -0.15) is 0 Å². The van der Waals surface area contributed by atoms with Crippen molar-refractivity contribution in [3.05, 3.63) is 64.7 Å². The third kappa shape index (κ3) is 3.17. The van der Waals surface area contributed by atoms with Gasteiger partial charge >= 0.3 is 5.97 Å². The third-order valence-corrected chi connectivity index (χ3v) is 2.46. The van der Waals surface area contributed by atoms with Crippen molar-refractivity contribution in [2.45, 2.75) is 6.92 Å². The van der Waals surface area contributed by atoms with E-state index in [-0.39, 0.29) is 11.5 Å². The van der Waals surface area contributed by atoms with Crippen LogP contribution in [-0.2, 0) is 0 Å². The van der Waals surface area contributed by atoms with Crippen molar-refractivity contribution in [3.63, 3.8) is 0 Å². The Labute approximate surface area is 109 Å². The average molecular weight is 255 g/mol. The molecular weight excluding hydrogens is 245 g/mol. The molecule has 1 N–H and O–H groups in total. The molecule has 3 nitrogen and oxygen atoms in total. The largest absolute Gasteiger partial charge is 0.477 e. The minimum absolute atomic E-state index is 0.0105. The van der Waals surface area contributed by atoms with Gasteiger partial charge in [-0.25, -0.2) is 14.2 Å². The number of aromatic carboxylic acids is 1. The first-order valence-electron chi connectivity index (χ1n) is 5.54. The molecule has 0 unspecified atom stereocenters. The summed E-state index contributed by atoms with van der Waals surface area (Å²) in [4.78, 5) is 14.6. The second-order valence-electron chi connectivity index (χ2n) is 3.95. The van der Waals surface area contributed by atoms with Crippen LogP contribution >= 0.6 is 0 Å². The zero-order valence-corrected chi connectivity index (χ0v) is 10.1. The van der Waals surface area contributed by atoms with Crippen LogP contribution in [0.4, 0.5) is 4.39 Å². The molecule has 4 heteroatoms. The molecule has 0 spiro atoms. The van der Waals surface area contributed by atoms with E-state index in [0.717, 1.165) is 0 Å². The van der Waals surface area contributed by atoms with Gasteiger partial charge in [0.15, 0.2) is 5.69 Å². The zero-order valence-electron chi connectivity index (χ0n) is 10.1. The molecule has 0 aliphatic rings. The van der Waals surface area contributed by atoms with E-state index in [4.69, 9.17) is 5.11 Å². The van der Waals surface area contributed by atoms with Crippen molar-refractivity contribution in [2.75, 3.05) is 0 Å². The van der Waals surface area contributed by atoms with Crippen LogP contribution in [0.1, 0.15) is 27.2 Å². The molecule has 94 valence electrons. The quantitative estimate of drug-likeness (QED) is 0.797. The summed E-state index contributed by atoms with van der Waals surface area (Å²) in [6, 6.07) is 7.60. The normalized spacial score (nSPS) is 9.58. The molecule has 1 heterocycles. The fourth-order valence-electron chi connectivity index (χ4n) is 1.58. The summed E-state index contributed by atoms with van der Waals surface area (Å²) in [5.74, 6) is 4.21. The molecule has 2 aromatic rings. The number of pyridine rings is 1. The van der Waals surface area contributed by atoms with E-state index in [1.807, 2.05) is 0 Å². The van der Waals surface area contributed by atoms with Gasteiger partial charge in [-0.3, -0.25) is 0 Å². The Morgan fingerprint density at radius 1 is 1.26 bits per heavy atom. The topological polar surface area (TPSA) is 50.2 Å². The Morgan fingerprint density at radius 3 is 2.63 bits per heavy atom. The Kier molecular flexibility index (Phi) is 3.58. The smallest absolute Gasteiger partial charge is 0.354 e. The van der Waals surface area contributed by atoms with E-state index in [1.54, 1.807) is 25.1 Å². The standard InChI is InChI=1S/C15H10FNO2/c1-10-7-12(9-17-14(10)15(18)19)6-5-11-3-2-4-13(16)8-11/h2-4,7-9H,1H3,(H,18,19). The fraction of sp³-hybridized carbons (Fsp3) is 0.0667. The number of hydrogen-bond donors (Lipinski definition) is 1. The molecule has 0 atom stereocenters. The first-order chi connectivity index (χ1) is 9.06. The summed E-state index contributed by atoms with van der Waals surface area (Å²) in [5, 5.41) is 8.85. The van der Waals surface area contributed by atoms with Gasteiger partial charge < -0.3 is 5.11 Å². The van der Waals surface area contributed by atoms with Crippen molar-refractivity contribution in [2.24, 2.45) is 0 Å².